The van der Waals surface area contributed by atoms with Crippen LogP contribution in [0, 0.1) is 29.1 Å². The van der Waals surface area contributed by atoms with Crippen molar-refractivity contribution < 1.29 is 33.4 Å². The Balaban J connectivity index is 2.78. The lowest BCUT2D eigenvalue weighted by Gasteiger charge is -2.46. The zero-order chi connectivity index (χ0) is 36.0. The van der Waals surface area contributed by atoms with Gasteiger partial charge in [0.2, 0.25) is 5.91 Å². The number of ether oxygens (including phenoxy) is 2. The molecular weight excluding hydrogens is 597 g/mol. The maximum Gasteiger partial charge on any atom is 0.351 e. The Bertz CT molecular complexity index is 1340. The first-order valence-corrected chi connectivity index (χ1v) is 16.9. The summed E-state index contributed by atoms with van der Waals surface area (Å²) in [7, 11) is 0. The van der Waals surface area contributed by atoms with E-state index in [1.807, 2.05) is 97.0 Å². The predicted molar refractivity (Wildman–Crippen MR) is 187 cm³/mol. The number of Topliss-reactive ketones (excluding diaryl/α,β-unsaturated/α-hetero) is 1. The van der Waals surface area contributed by atoms with Crippen molar-refractivity contribution in [2.75, 3.05) is 6.61 Å². The summed E-state index contributed by atoms with van der Waals surface area (Å²) in [5.74, 6) is -4.58. The Labute approximate surface area is 282 Å². The number of aliphatic imine (C=N–C) groups is 1. The monoisotopic (exact) mass is 655 g/mol. The highest BCUT2D eigenvalue weighted by atomic mass is 19.1. The molecule has 47 heavy (non-hydrogen) atoms. The standard InChI is InChI=1S/C39H58FNO6/c1-13-32-39(12,45)31(26(4)33(25(2)3)41-28(6)42)23-22-30(21-17-20-29-18-15-14-16-19-29)24-46-37(9,10)36(7,8)27(5)34(43)38(11,40)35(44)47-32/h14-21,25-27,31-32,45H,13,22-24H2,1-12H3/b20-17+,30-21+,41-33+/t26-,27+,31-,32-,38+,39+/m1/s1. The third-order valence-electron chi connectivity index (χ3n) is 10.7. The second-order valence-electron chi connectivity index (χ2n) is 14.9. The third-order valence-corrected chi connectivity index (χ3v) is 10.7. The lowest BCUT2D eigenvalue weighted by Crippen LogP contribution is -2.56. The number of benzene rings is 1. The summed E-state index contributed by atoms with van der Waals surface area (Å²) in [6.45, 7) is 20.7. The molecule has 0 radical (unpaired) electrons. The van der Waals surface area contributed by atoms with Crippen molar-refractivity contribution in [2.24, 2.45) is 34.1 Å². The van der Waals surface area contributed by atoms with E-state index in [1.54, 1.807) is 20.8 Å². The number of rotatable bonds is 6. The molecule has 1 amide bonds. The quantitative estimate of drug-likeness (QED) is 0.189. The van der Waals surface area contributed by atoms with Crippen LogP contribution in [0.3, 0.4) is 0 Å². The number of halogens is 1. The van der Waals surface area contributed by atoms with Crippen molar-refractivity contribution in [3.63, 3.8) is 0 Å². The van der Waals surface area contributed by atoms with Crippen molar-refractivity contribution in [3.05, 3.63) is 53.6 Å². The van der Waals surface area contributed by atoms with Crippen LogP contribution in [-0.4, -0.2) is 58.1 Å². The molecule has 8 heteroatoms. The molecule has 0 unspecified atom stereocenters. The Morgan fingerprint density at radius 2 is 1.68 bits per heavy atom. The van der Waals surface area contributed by atoms with E-state index in [0.717, 1.165) is 18.1 Å². The van der Waals surface area contributed by atoms with Gasteiger partial charge in [0.25, 0.3) is 5.67 Å². The lowest BCUT2D eigenvalue weighted by atomic mass is 9.65. The highest BCUT2D eigenvalue weighted by molar-refractivity contribution is 6.08. The molecule has 1 saturated heterocycles. The average molecular weight is 656 g/mol. The zero-order valence-electron chi connectivity index (χ0n) is 30.6. The van der Waals surface area contributed by atoms with Crippen LogP contribution in [0.1, 0.15) is 108 Å². The number of nitrogens with zero attached hydrogens (tertiary/aromatic N) is 1. The molecule has 262 valence electrons. The molecule has 1 aromatic carbocycles. The van der Waals surface area contributed by atoms with Gasteiger partial charge in [0.15, 0.2) is 5.78 Å². The van der Waals surface area contributed by atoms with Crippen molar-refractivity contribution in [2.45, 2.75) is 125 Å². The highest BCUT2D eigenvalue weighted by Crippen LogP contribution is 2.44. The molecule has 0 aromatic heterocycles. The maximum atomic E-state index is 16.3. The number of hydrogen-bond donors (Lipinski definition) is 1. The van der Waals surface area contributed by atoms with E-state index >= 15 is 4.39 Å². The van der Waals surface area contributed by atoms with Crippen molar-refractivity contribution in [1.29, 1.82) is 0 Å². The van der Waals surface area contributed by atoms with Gasteiger partial charge < -0.3 is 14.6 Å². The van der Waals surface area contributed by atoms with E-state index < -0.39 is 57.9 Å². The summed E-state index contributed by atoms with van der Waals surface area (Å²) < 4.78 is 28.6. The van der Waals surface area contributed by atoms with Gasteiger partial charge in [-0.1, -0.05) is 97.0 Å². The maximum absolute atomic E-state index is 16.3. The van der Waals surface area contributed by atoms with Crippen molar-refractivity contribution in [1.82, 2.24) is 0 Å². The molecular formula is C39H58FNO6. The lowest BCUT2D eigenvalue weighted by molar-refractivity contribution is -0.188. The van der Waals surface area contributed by atoms with Gasteiger partial charge >= 0.3 is 5.97 Å². The fraction of sp³-hybridized carbons (Fsp3) is 0.641. The van der Waals surface area contributed by atoms with E-state index in [0.29, 0.717) is 18.6 Å². The first kappa shape index (κ1) is 40.2. The number of esters is 1. The van der Waals surface area contributed by atoms with E-state index in [2.05, 4.69) is 4.99 Å². The first-order valence-electron chi connectivity index (χ1n) is 16.9. The van der Waals surface area contributed by atoms with Crippen LogP contribution in [-0.2, 0) is 23.9 Å². The van der Waals surface area contributed by atoms with Gasteiger partial charge in [0.05, 0.1) is 12.2 Å². The molecule has 1 fully saturated rings. The summed E-state index contributed by atoms with van der Waals surface area (Å²) >= 11 is 0. The minimum atomic E-state index is -2.95. The largest absolute Gasteiger partial charge is 0.457 e. The summed E-state index contributed by atoms with van der Waals surface area (Å²) in [6, 6.07) is 9.91. The number of carbonyl (C=O) groups is 3. The van der Waals surface area contributed by atoms with E-state index in [-0.39, 0.29) is 24.9 Å². The van der Waals surface area contributed by atoms with Gasteiger partial charge in [-0.05, 0) is 69.9 Å². The Morgan fingerprint density at radius 1 is 1.09 bits per heavy atom. The number of amides is 1. The molecule has 0 spiro atoms. The second-order valence-corrected chi connectivity index (χ2v) is 14.9. The fourth-order valence-electron chi connectivity index (χ4n) is 6.51. The van der Waals surface area contributed by atoms with Crippen LogP contribution in [0.25, 0.3) is 6.08 Å². The number of allylic oxidation sites excluding steroid dienone is 2. The number of aliphatic hydroxyl groups is 1. The molecule has 7 nitrogen and oxygen atoms in total. The summed E-state index contributed by atoms with van der Waals surface area (Å²) in [5.41, 5.74) is -3.82. The van der Waals surface area contributed by atoms with E-state index in [1.165, 1.54) is 6.92 Å². The second kappa shape index (κ2) is 16.0. The van der Waals surface area contributed by atoms with E-state index in [9.17, 15) is 19.5 Å². The molecule has 1 heterocycles. The van der Waals surface area contributed by atoms with Crippen LogP contribution in [0.2, 0.25) is 0 Å². The molecule has 1 aliphatic heterocycles. The summed E-state index contributed by atoms with van der Waals surface area (Å²) in [6.07, 6.45) is 5.93. The van der Waals surface area contributed by atoms with Crippen LogP contribution >= 0.6 is 0 Å². The van der Waals surface area contributed by atoms with Gasteiger partial charge in [-0.25, -0.2) is 14.2 Å². The molecule has 0 saturated carbocycles. The van der Waals surface area contributed by atoms with Gasteiger partial charge in [-0.3, -0.25) is 9.59 Å². The fourth-order valence-corrected chi connectivity index (χ4v) is 6.51. The number of cyclic esters (lactones) is 1. The molecule has 2 rings (SSSR count). The number of alkyl halides is 1. The number of carbonyl (C=O) groups excluding carboxylic acids is 3. The SMILES string of the molecule is CC[C@H]1OC(=O)[C@@](C)(F)C(=O)[C@H](C)C(C)(C)C(C)(C)OC/C(=C/C=C/c2ccccc2)CC[C@H]([C@@H](C)/C(=N/C(C)=O)C(C)C)[C@]1(C)O. The van der Waals surface area contributed by atoms with Crippen molar-refractivity contribution >= 4 is 29.4 Å². The Kier molecular flexibility index (Phi) is 13.6. The van der Waals surface area contributed by atoms with Crippen LogP contribution in [0.4, 0.5) is 4.39 Å². The molecule has 0 bridgehead atoms. The first-order chi connectivity index (χ1) is 21.6. The summed E-state index contributed by atoms with van der Waals surface area (Å²) in [4.78, 5) is 43.7. The van der Waals surface area contributed by atoms with Crippen LogP contribution in [0.15, 0.2) is 53.0 Å². The van der Waals surface area contributed by atoms with E-state index in [4.69, 9.17) is 9.47 Å². The predicted octanol–water partition coefficient (Wildman–Crippen LogP) is 8.14. The zero-order valence-corrected chi connectivity index (χ0v) is 30.6. The molecule has 6 atom stereocenters. The van der Waals surface area contributed by atoms with Crippen LogP contribution in [0.5, 0.6) is 0 Å². The molecule has 0 aliphatic carbocycles. The summed E-state index contributed by atoms with van der Waals surface area (Å²) in [5, 5.41) is 12.3. The third kappa shape index (κ3) is 9.56. The number of ketones is 1. The smallest absolute Gasteiger partial charge is 0.351 e. The number of hydrogen-bond acceptors (Lipinski definition) is 6. The van der Waals surface area contributed by atoms with Gasteiger partial charge in [-0.15, -0.1) is 0 Å². The van der Waals surface area contributed by atoms with Crippen molar-refractivity contribution in [3.8, 4) is 0 Å². The highest BCUT2D eigenvalue weighted by Gasteiger charge is 2.55. The minimum absolute atomic E-state index is 0.104. The Morgan fingerprint density at radius 3 is 2.21 bits per heavy atom. The minimum Gasteiger partial charge on any atom is -0.457 e. The molecule has 1 N–H and O–H groups in total. The average Bonchev–Trinajstić information content (AvgIpc) is 2.99. The Hall–Kier alpha value is -2.97. The normalized spacial score (nSPS) is 31.3. The van der Waals surface area contributed by atoms with Gasteiger partial charge in [-0.2, -0.15) is 0 Å². The van der Waals surface area contributed by atoms with Gasteiger partial charge in [0.1, 0.15) is 11.7 Å². The van der Waals surface area contributed by atoms with Gasteiger partial charge in [0, 0.05) is 29.9 Å². The van der Waals surface area contributed by atoms with Crippen LogP contribution < -0.4 is 0 Å². The molecule has 1 aliphatic rings. The molecule has 1 aromatic rings. The topological polar surface area (TPSA) is 102 Å².